The zero-order chi connectivity index (χ0) is 11.9. The molecule has 0 aliphatic heterocycles. The van der Waals surface area contributed by atoms with E-state index in [1.165, 1.54) is 6.07 Å². The summed E-state index contributed by atoms with van der Waals surface area (Å²) in [6, 6.07) is 4.73. The highest BCUT2D eigenvalue weighted by atomic mass is 79.9. The number of hydrogen-bond donors (Lipinski definition) is 1. The molecule has 1 aromatic carbocycles. The van der Waals surface area contributed by atoms with Crippen LogP contribution in [0, 0.1) is 0 Å². The van der Waals surface area contributed by atoms with Gasteiger partial charge in [-0.3, -0.25) is 4.79 Å². The van der Waals surface area contributed by atoms with E-state index < -0.39 is 5.91 Å². The van der Waals surface area contributed by atoms with Crippen molar-refractivity contribution in [3.05, 3.63) is 38.4 Å². The zero-order valence-electron chi connectivity index (χ0n) is 7.80. The number of primary amides is 1. The van der Waals surface area contributed by atoms with Crippen molar-refractivity contribution in [1.29, 1.82) is 0 Å². The first-order valence-electron chi connectivity index (χ1n) is 4.24. The second kappa shape index (κ2) is 4.20. The molecule has 2 N–H and O–H groups in total. The van der Waals surface area contributed by atoms with Crippen molar-refractivity contribution < 1.29 is 4.79 Å². The SMILES string of the molecule is NC(=O)c1cc(Cl)nc2c(Br)cc(Cl)cc12. The molecule has 82 valence electrons. The van der Waals surface area contributed by atoms with Crippen molar-refractivity contribution in [2.75, 3.05) is 0 Å². The lowest BCUT2D eigenvalue weighted by Crippen LogP contribution is -2.12. The van der Waals surface area contributed by atoms with Gasteiger partial charge in [0.2, 0.25) is 5.91 Å². The molecular weight excluding hydrogens is 315 g/mol. The predicted molar refractivity (Wildman–Crippen MR) is 68.0 cm³/mol. The first-order valence-corrected chi connectivity index (χ1v) is 5.79. The number of benzene rings is 1. The van der Waals surface area contributed by atoms with Gasteiger partial charge in [-0.2, -0.15) is 0 Å². The van der Waals surface area contributed by atoms with Gasteiger partial charge in [-0.1, -0.05) is 23.2 Å². The number of pyridine rings is 1. The van der Waals surface area contributed by atoms with Crippen LogP contribution in [0.25, 0.3) is 10.9 Å². The van der Waals surface area contributed by atoms with Gasteiger partial charge in [0, 0.05) is 14.9 Å². The third-order valence-corrected chi connectivity index (χ3v) is 3.08. The summed E-state index contributed by atoms with van der Waals surface area (Å²) in [4.78, 5) is 15.4. The van der Waals surface area contributed by atoms with Crippen LogP contribution >= 0.6 is 39.1 Å². The summed E-state index contributed by atoms with van der Waals surface area (Å²) >= 11 is 15.0. The molecule has 6 heteroatoms. The molecule has 1 heterocycles. The lowest BCUT2D eigenvalue weighted by atomic mass is 10.1. The molecule has 0 aliphatic rings. The zero-order valence-corrected chi connectivity index (χ0v) is 10.9. The van der Waals surface area contributed by atoms with Crippen LogP contribution < -0.4 is 5.73 Å². The van der Waals surface area contributed by atoms with Gasteiger partial charge in [-0.05, 0) is 34.1 Å². The van der Waals surface area contributed by atoms with Crippen LogP contribution in [-0.4, -0.2) is 10.9 Å². The molecule has 0 saturated carbocycles. The molecule has 0 bridgehead atoms. The number of hydrogen-bond acceptors (Lipinski definition) is 2. The molecule has 2 aromatic rings. The lowest BCUT2D eigenvalue weighted by Gasteiger charge is -2.06. The Balaban J connectivity index is 2.95. The minimum Gasteiger partial charge on any atom is -0.366 e. The Hall–Kier alpha value is -0.840. The number of rotatable bonds is 1. The highest BCUT2D eigenvalue weighted by molar-refractivity contribution is 9.10. The van der Waals surface area contributed by atoms with Crippen LogP contribution in [0.3, 0.4) is 0 Å². The van der Waals surface area contributed by atoms with E-state index in [1.54, 1.807) is 12.1 Å². The third kappa shape index (κ3) is 2.00. The Bertz CT molecular complexity index is 601. The molecular formula is C10H5BrCl2N2O. The first kappa shape index (κ1) is 11.6. The number of carbonyl (C=O) groups excluding carboxylic acids is 1. The van der Waals surface area contributed by atoms with Gasteiger partial charge in [0.25, 0.3) is 0 Å². The first-order chi connectivity index (χ1) is 7.49. The van der Waals surface area contributed by atoms with E-state index in [0.29, 0.717) is 26.0 Å². The fraction of sp³-hybridized carbons (Fsp3) is 0. The Morgan fingerprint density at radius 2 is 2.00 bits per heavy atom. The van der Waals surface area contributed by atoms with E-state index in [0.717, 1.165) is 0 Å². The van der Waals surface area contributed by atoms with Gasteiger partial charge in [0.15, 0.2) is 0 Å². The smallest absolute Gasteiger partial charge is 0.249 e. The van der Waals surface area contributed by atoms with Crippen LogP contribution in [0.5, 0.6) is 0 Å². The monoisotopic (exact) mass is 318 g/mol. The maximum atomic E-state index is 11.3. The maximum absolute atomic E-state index is 11.3. The van der Waals surface area contributed by atoms with Crippen molar-refractivity contribution in [3.63, 3.8) is 0 Å². The Kier molecular flexibility index (Phi) is 3.06. The van der Waals surface area contributed by atoms with Crippen LogP contribution in [0.1, 0.15) is 10.4 Å². The lowest BCUT2D eigenvalue weighted by molar-refractivity contribution is 0.100. The molecule has 1 aromatic heterocycles. The Morgan fingerprint density at radius 3 is 2.62 bits per heavy atom. The summed E-state index contributed by atoms with van der Waals surface area (Å²) < 4.78 is 0.667. The van der Waals surface area contributed by atoms with E-state index in [4.69, 9.17) is 28.9 Å². The molecule has 2 rings (SSSR count). The van der Waals surface area contributed by atoms with Gasteiger partial charge in [-0.25, -0.2) is 4.98 Å². The highest BCUT2D eigenvalue weighted by Gasteiger charge is 2.12. The summed E-state index contributed by atoms with van der Waals surface area (Å²) in [7, 11) is 0. The van der Waals surface area contributed by atoms with Crippen molar-refractivity contribution in [2.45, 2.75) is 0 Å². The second-order valence-electron chi connectivity index (χ2n) is 3.14. The molecule has 0 spiro atoms. The van der Waals surface area contributed by atoms with E-state index in [-0.39, 0.29) is 5.15 Å². The topological polar surface area (TPSA) is 56.0 Å². The summed E-state index contributed by atoms with van der Waals surface area (Å²) in [6.45, 7) is 0. The number of carbonyl (C=O) groups is 1. The Morgan fingerprint density at radius 1 is 1.31 bits per heavy atom. The van der Waals surface area contributed by atoms with Crippen LogP contribution in [0.2, 0.25) is 10.2 Å². The molecule has 0 aliphatic carbocycles. The van der Waals surface area contributed by atoms with Gasteiger partial charge >= 0.3 is 0 Å². The van der Waals surface area contributed by atoms with Gasteiger partial charge in [-0.15, -0.1) is 0 Å². The molecule has 0 fully saturated rings. The number of amides is 1. The number of nitrogens with two attached hydrogens (primary N) is 1. The molecule has 3 nitrogen and oxygen atoms in total. The molecule has 1 amide bonds. The van der Waals surface area contributed by atoms with Crippen molar-refractivity contribution in [3.8, 4) is 0 Å². The summed E-state index contributed by atoms with van der Waals surface area (Å²) in [5, 5.41) is 1.28. The fourth-order valence-corrected chi connectivity index (χ4v) is 2.52. The van der Waals surface area contributed by atoms with E-state index >= 15 is 0 Å². The predicted octanol–water partition coefficient (Wildman–Crippen LogP) is 3.40. The number of fused-ring (bicyclic) bond motifs is 1. The van der Waals surface area contributed by atoms with Gasteiger partial charge in [0.05, 0.1) is 11.1 Å². The average Bonchev–Trinajstić information content (AvgIpc) is 2.18. The Labute approximate surface area is 110 Å². The number of aromatic nitrogens is 1. The second-order valence-corrected chi connectivity index (χ2v) is 4.82. The largest absolute Gasteiger partial charge is 0.366 e. The van der Waals surface area contributed by atoms with Crippen molar-refractivity contribution in [1.82, 2.24) is 4.98 Å². The third-order valence-electron chi connectivity index (χ3n) is 2.07. The fourth-order valence-electron chi connectivity index (χ4n) is 1.42. The molecule has 0 radical (unpaired) electrons. The molecule has 16 heavy (non-hydrogen) atoms. The minimum absolute atomic E-state index is 0.212. The molecule has 0 unspecified atom stereocenters. The normalized spacial score (nSPS) is 10.7. The van der Waals surface area contributed by atoms with E-state index in [1.807, 2.05) is 0 Å². The summed E-state index contributed by atoms with van der Waals surface area (Å²) in [6.07, 6.45) is 0. The van der Waals surface area contributed by atoms with Crippen molar-refractivity contribution in [2.24, 2.45) is 5.73 Å². The quantitative estimate of drug-likeness (QED) is 0.819. The number of nitrogens with zero attached hydrogens (tertiary/aromatic N) is 1. The van der Waals surface area contributed by atoms with E-state index in [2.05, 4.69) is 20.9 Å². The average molecular weight is 320 g/mol. The summed E-state index contributed by atoms with van der Waals surface area (Å²) in [5.41, 5.74) is 6.13. The van der Waals surface area contributed by atoms with Crippen molar-refractivity contribution >= 4 is 55.9 Å². The van der Waals surface area contributed by atoms with Gasteiger partial charge < -0.3 is 5.73 Å². The van der Waals surface area contributed by atoms with Crippen LogP contribution in [0.4, 0.5) is 0 Å². The van der Waals surface area contributed by atoms with Gasteiger partial charge in [0.1, 0.15) is 5.15 Å². The molecule has 0 atom stereocenters. The standard InChI is InChI=1S/C10H5BrCl2N2O/c11-7-2-4(12)1-5-6(10(14)16)3-8(13)15-9(5)7/h1-3H,(H2,14,16). The van der Waals surface area contributed by atoms with E-state index in [9.17, 15) is 4.79 Å². The summed E-state index contributed by atoms with van der Waals surface area (Å²) in [5.74, 6) is -0.566. The highest BCUT2D eigenvalue weighted by Crippen LogP contribution is 2.30. The number of halogens is 3. The van der Waals surface area contributed by atoms with Crippen LogP contribution in [-0.2, 0) is 0 Å². The maximum Gasteiger partial charge on any atom is 0.249 e. The molecule has 0 saturated heterocycles. The van der Waals surface area contributed by atoms with Crippen LogP contribution in [0.15, 0.2) is 22.7 Å². The minimum atomic E-state index is -0.566.